The van der Waals surface area contributed by atoms with E-state index < -0.39 is 0 Å². The van der Waals surface area contributed by atoms with Gasteiger partial charge in [0.2, 0.25) is 11.5 Å². The van der Waals surface area contributed by atoms with Gasteiger partial charge in [0.15, 0.2) is 0 Å². The van der Waals surface area contributed by atoms with E-state index in [4.69, 9.17) is 0 Å². The molecule has 1 aromatic heterocycles. The quantitative estimate of drug-likeness (QED) is 0.769. The number of amides is 1. The number of rotatable bonds is 3. The lowest BCUT2D eigenvalue weighted by Crippen LogP contribution is -2.19. The zero-order valence-corrected chi connectivity index (χ0v) is 8.83. The van der Waals surface area contributed by atoms with Crippen LogP contribution < -0.4 is 10.9 Å². The number of H-pyrrole nitrogens is 1. The Kier molecular flexibility index (Phi) is 3.85. The fourth-order valence-electron chi connectivity index (χ4n) is 1.15. The summed E-state index contributed by atoms with van der Waals surface area (Å²) in [7, 11) is 0. The first-order chi connectivity index (χ1) is 7.09. The van der Waals surface area contributed by atoms with Gasteiger partial charge in [0, 0.05) is 25.7 Å². The molecule has 0 fully saturated rings. The molecule has 1 amide bonds. The van der Waals surface area contributed by atoms with Crippen molar-refractivity contribution in [2.45, 2.75) is 13.8 Å². The summed E-state index contributed by atoms with van der Waals surface area (Å²) in [5.41, 5.74) is 1.75. The molecular weight excluding hydrogens is 192 g/mol. The molecule has 0 spiro atoms. The monoisotopic (exact) mass is 206 g/mol. The smallest absolute Gasteiger partial charge is 0.248 e. The van der Waals surface area contributed by atoms with E-state index in [0.29, 0.717) is 6.54 Å². The van der Waals surface area contributed by atoms with E-state index >= 15 is 0 Å². The minimum Gasteiger partial charge on any atom is -0.353 e. The van der Waals surface area contributed by atoms with Crippen LogP contribution >= 0.6 is 0 Å². The molecule has 80 valence electrons. The number of carbonyl (C=O) groups excluding carboxylic acids is 1. The number of aromatic nitrogens is 1. The first-order valence-electron chi connectivity index (χ1n) is 4.70. The summed E-state index contributed by atoms with van der Waals surface area (Å²) in [4.78, 5) is 24.1. The van der Waals surface area contributed by atoms with Crippen molar-refractivity contribution in [1.29, 1.82) is 0 Å². The van der Waals surface area contributed by atoms with Crippen molar-refractivity contribution < 1.29 is 4.79 Å². The molecule has 0 atom stereocenters. The number of carbonyl (C=O) groups is 1. The van der Waals surface area contributed by atoms with Crippen LogP contribution in [0.1, 0.15) is 18.1 Å². The van der Waals surface area contributed by atoms with Gasteiger partial charge in [-0.25, -0.2) is 0 Å². The molecule has 0 saturated heterocycles. The first kappa shape index (κ1) is 11.2. The van der Waals surface area contributed by atoms with Crippen LogP contribution in [0.15, 0.2) is 23.1 Å². The fraction of sp³-hybridized carbons (Fsp3) is 0.273. The second-order valence-electron chi connectivity index (χ2n) is 3.28. The molecule has 0 bridgehead atoms. The van der Waals surface area contributed by atoms with Gasteiger partial charge in [-0.2, -0.15) is 0 Å². The Morgan fingerprint density at radius 2 is 2.33 bits per heavy atom. The van der Waals surface area contributed by atoms with E-state index in [1.807, 2.05) is 19.1 Å². The largest absolute Gasteiger partial charge is 0.353 e. The Morgan fingerprint density at radius 3 is 2.93 bits per heavy atom. The van der Waals surface area contributed by atoms with E-state index in [0.717, 1.165) is 11.1 Å². The highest BCUT2D eigenvalue weighted by atomic mass is 16.1. The van der Waals surface area contributed by atoms with Gasteiger partial charge < -0.3 is 10.3 Å². The molecular formula is C11H14N2O2. The van der Waals surface area contributed by atoms with E-state index in [9.17, 15) is 9.59 Å². The van der Waals surface area contributed by atoms with Gasteiger partial charge in [0.05, 0.1) is 0 Å². The molecule has 0 aromatic carbocycles. The van der Waals surface area contributed by atoms with Crippen molar-refractivity contribution in [3.05, 3.63) is 39.8 Å². The summed E-state index contributed by atoms with van der Waals surface area (Å²) >= 11 is 0. The van der Waals surface area contributed by atoms with Gasteiger partial charge >= 0.3 is 0 Å². The summed E-state index contributed by atoms with van der Waals surface area (Å²) in [6.07, 6.45) is 5.35. The Labute approximate surface area is 88.0 Å². The van der Waals surface area contributed by atoms with Crippen molar-refractivity contribution in [3.63, 3.8) is 0 Å². The Bertz CT molecular complexity index is 432. The lowest BCUT2D eigenvalue weighted by molar-refractivity contribution is -0.118. The van der Waals surface area contributed by atoms with E-state index in [-0.39, 0.29) is 11.5 Å². The molecule has 0 radical (unpaired) electrons. The molecule has 0 aliphatic rings. The number of pyridine rings is 1. The summed E-state index contributed by atoms with van der Waals surface area (Å²) in [5, 5.41) is 2.65. The number of aryl methyl sites for hydroxylation is 1. The topological polar surface area (TPSA) is 62.0 Å². The predicted octanol–water partition coefficient (Wildman–Crippen LogP) is 0.833. The highest BCUT2D eigenvalue weighted by Gasteiger charge is 1.93. The third-order valence-electron chi connectivity index (χ3n) is 1.94. The van der Waals surface area contributed by atoms with Crippen LogP contribution in [0.5, 0.6) is 0 Å². The minimum absolute atomic E-state index is 0.0576. The second-order valence-corrected chi connectivity index (χ2v) is 3.28. The van der Waals surface area contributed by atoms with Crippen molar-refractivity contribution >= 4 is 12.0 Å². The van der Waals surface area contributed by atoms with Crippen LogP contribution in [0.3, 0.4) is 0 Å². The first-order valence-corrected chi connectivity index (χ1v) is 4.70. The van der Waals surface area contributed by atoms with E-state index in [1.165, 1.54) is 13.0 Å². The molecule has 1 rings (SSSR count). The normalized spacial score (nSPS) is 10.5. The van der Waals surface area contributed by atoms with Gasteiger partial charge in [-0.3, -0.25) is 9.59 Å². The molecule has 1 heterocycles. The summed E-state index contributed by atoms with van der Waals surface area (Å²) in [6.45, 7) is 3.83. The molecule has 0 aliphatic carbocycles. The van der Waals surface area contributed by atoms with Gasteiger partial charge in [0.25, 0.3) is 0 Å². The zero-order chi connectivity index (χ0) is 11.3. The Morgan fingerprint density at radius 1 is 1.60 bits per heavy atom. The highest BCUT2D eigenvalue weighted by molar-refractivity contribution is 5.73. The Balaban J connectivity index is 2.64. The SMILES string of the molecule is CC(=O)NCC=Cc1c[nH]c(=O)cc1C. The number of nitrogens with one attached hydrogen (secondary N) is 2. The summed E-state index contributed by atoms with van der Waals surface area (Å²) in [6, 6.07) is 1.54. The van der Waals surface area contributed by atoms with Crippen LogP contribution in [0.2, 0.25) is 0 Å². The van der Waals surface area contributed by atoms with Crippen LogP contribution in [0.25, 0.3) is 6.08 Å². The van der Waals surface area contributed by atoms with E-state index in [1.54, 1.807) is 6.20 Å². The van der Waals surface area contributed by atoms with Gasteiger partial charge in [-0.1, -0.05) is 12.2 Å². The van der Waals surface area contributed by atoms with Crippen molar-refractivity contribution in [2.75, 3.05) is 6.54 Å². The molecule has 0 aliphatic heterocycles. The molecule has 4 nitrogen and oxygen atoms in total. The molecule has 0 unspecified atom stereocenters. The molecule has 0 saturated carbocycles. The minimum atomic E-state index is -0.105. The van der Waals surface area contributed by atoms with Crippen molar-refractivity contribution in [2.24, 2.45) is 0 Å². The van der Waals surface area contributed by atoms with Gasteiger partial charge in [-0.05, 0) is 18.1 Å². The van der Waals surface area contributed by atoms with Crippen molar-refractivity contribution in [1.82, 2.24) is 10.3 Å². The van der Waals surface area contributed by atoms with Gasteiger partial charge in [0.1, 0.15) is 0 Å². The predicted molar refractivity (Wildman–Crippen MR) is 59.5 cm³/mol. The maximum Gasteiger partial charge on any atom is 0.248 e. The number of hydrogen-bond acceptors (Lipinski definition) is 2. The molecule has 15 heavy (non-hydrogen) atoms. The molecule has 1 aromatic rings. The maximum absolute atomic E-state index is 10.9. The van der Waals surface area contributed by atoms with Gasteiger partial charge in [-0.15, -0.1) is 0 Å². The lowest BCUT2D eigenvalue weighted by atomic mass is 10.1. The standard InChI is InChI=1S/C11H14N2O2/c1-8-6-11(15)13-7-10(8)4-3-5-12-9(2)14/h3-4,6-7H,5H2,1-2H3,(H,12,14)(H,13,15). The highest BCUT2D eigenvalue weighted by Crippen LogP contribution is 2.04. The zero-order valence-electron chi connectivity index (χ0n) is 8.83. The summed E-state index contributed by atoms with van der Waals surface area (Å²) < 4.78 is 0. The number of hydrogen-bond donors (Lipinski definition) is 2. The Hall–Kier alpha value is -1.84. The third kappa shape index (κ3) is 3.81. The lowest BCUT2D eigenvalue weighted by Gasteiger charge is -1.98. The average Bonchev–Trinajstić information content (AvgIpc) is 2.14. The van der Waals surface area contributed by atoms with Crippen LogP contribution in [-0.4, -0.2) is 17.4 Å². The number of aromatic amines is 1. The maximum atomic E-state index is 10.9. The van der Waals surface area contributed by atoms with Crippen molar-refractivity contribution in [3.8, 4) is 0 Å². The molecule has 2 N–H and O–H groups in total. The van der Waals surface area contributed by atoms with Crippen LogP contribution in [0.4, 0.5) is 0 Å². The summed E-state index contributed by atoms with van der Waals surface area (Å²) in [5.74, 6) is -0.0576. The van der Waals surface area contributed by atoms with E-state index in [2.05, 4.69) is 10.3 Å². The molecule has 4 heteroatoms. The fourth-order valence-corrected chi connectivity index (χ4v) is 1.15. The third-order valence-corrected chi connectivity index (χ3v) is 1.94. The van der Waals surface area contributed by atoms with Crippen LogP contribution in [-0.2, 0) is 4.79 Å². The second kappa shape index (κ2) is 5.14. The van der Waals surface area contributed by atoms with Crippen LogP contribution in [0, 0.1) is 6.92 Å². The average molecular weight is 206 g/mol.